The van der Waals surface area contributed by atoms with Crippen LogP contribution in [0.1, 0.15) is 52.7 Å². The highest BCUT2D eigenvalue weighted by molar-refractivity contribution is 9.11. The number of halogens is 2. The quantitative estimate of drug-likeness (QED) is 0.196. The minimum atomic E-state index is 0.0886. The molecule has 0 unspecified atom stereocenters. The summed E-state index contributed by atoms with van der Waals surface area (Å²) >= 11 is 7.54. The Morgan fingerprint density at radius 3 is 1.93 bits per heavy atom. The SMILES string of the molecule is CC(C)(C)c1ccc2c(c1)c1cc(C(C)(C)C)cc3c4c(Br)cc(Br)cc4n2c13. The Bertz CT molecular complexity index is 1430. The first-order chi connectivity index (χ1) is 13.5. The van der Waals surface area contributed by atoms with Gasteiger partial charge in [0.15, 0.2) is 0 Å². The first-order valence-electron chi connectivity index (χ1n) is 10.1. The summed E-state index contributed by atoms with van der Waals surface area (Å²) in [6, 6.07) is 16.2. The zero-order valence-corrected chi connectivity index (χ0v) is 20.9. The Morgan fingerprint density at radius 2 is 1.28 bits per heavy atom. The standard InChI is InChI=1S/C26H25Br2N/c1-25(2,3)14-7-8-21-17(9-14)18-10-15(26(4,5)6)11-19-23-20(28)12-16(27)13-22(23)29(21)24(18)19/h7-13H,1-6H3. The van der Waals surface area contributed by atoms with Crippen LogP contribution in [0.2, 0.25) is 0 Å². The van der Waals surface area contributed by atoms with Gasteiger partial charge in [-0.25, -0.2) is 0 Å². The second kappa shape index (κ2) is 5.98. The van der Waals surface area contributed by atoms with Gasteiger partial charge in [0.1, 0.15) is 0 Å². The Kier molecular flexibility index (Phi) is 4.00. The zero-order chi connectivity index (χ0) is 20.9. The van der Waals surface area contributed by atoms with Crippen LogP contribution >= 0.6 is 31.9 Å². The molecule has 1 nitrogen and oxygen atoms in total. The summed E-state index contributed by atoms with van der Waals surface area (Å²) in [5.74, 6) is 0. The van der Waals surface area contributed by atoms with Crippen molar-refractivity contribution in [3.8, 4) is 0 Å². The van der Waals surface area contributed by atoms with Crippen molar-refractivity contribution in [1.29, 1.82) is 0 Å². The number of benzene rings is 3. The van der Waals surface area contributed by atoms with E-state index in [1.54, 1.807) is 0 Å². The molecule has 0 radical (unpaired) electrons. The molecule has 0 aliphatic heterocycles. The fourth-order valence-electron chi connectivity index (χ4n) is 4.49. The van der Waals surface area contributed by atoms with Gasteiger partial charge in [-0.05, 0) is 58.4 Å². The lowest BCUT2D eigenvalue weighted by molar-refractivity contribution is 0.590. The molecule has 0 spiro atoms. The highest BCUT2D eigenvalue weighted by Gasteiger charge is 2.24. The summed E-state index contributed by atoms with van der Waals surface area (Å²) in [7, 11) is 0. The van der Waals surface area contributed by atoms with Gasteiger partial charge in [-0.15, -0.1) is 0 Å². The third-order valence-corrected chi connectivity index (χ3v) is 7.22. The number of hydrogen-bond acceptors (Lipinski definition) is 0. The normalized spacial score (nSPS) is 13.5. The monoisotopic (exact) mass is 509 g/mol. The van der Waals surface area contributed by atoms with Crippen LogP contribution in [0.15, 0.2) is 51.4 Å². The maximum Gasteiger partial charge on any atom is 0.0621 e. The number of nitrogens with zero attached hydrogens (tertiary/aromatic N) is 1. The minimum Gasteiger partial charge on any atom is -0.308 e. The molecule has 2 heterocycles. The Morgan fingerprint density at radius 1 is 0.655 bits per heavy atom. The largest absolute Gasteiger partial charge is 0.308 e. The van der Waals surface area contributed by atoms with Crippen LogP contribution < -0.4 is 0 Å². The van der Waals surface area contributed by atoms with E-state index >= 15 is 0 Å². The average Bonchev–Trinajstić information content (AvgIpc) is 3.10. The Hall–Kier alpha value is -1.58. The molecule has 0 amide bonds. The molecule has 0 atom stereocenters. The van der Waals surface area contributed by atoms with E-state index in [1.807, 2.05) is 0 Å². The Labute approximate surface area is 188 Å². The summed E-state index contributed by atoms with van der Waals surface area (Å²) in [4.78, 5) is 0. The van der Waals surface area contributed by atoms with Crippen molar-refractivity contribution in [3.63, 3.8) is 0 Å². The van der Waals surface area contributed by atoms with Gasteiger partial charge in [-0.3, -0.25) is 0 Å². The van der Waals surface area contributed by atoms with Crippen molar-refractivity contribution in [2.75, 3.05) is 0 Å². The van der Waals surface area contributed by atoms with Crippen molar-refractivity contribution in [2.45, 2.75) is 52.4 Å². The third-order valence-electron chi connectivity index (χ3n) is 6.14. The molecule has 148 valence electrons. The van der Waals surface area contributed by atoms with E-state index in [0.29, 0.717) is 0 Å². The lowest BCUT2D eigenvalue weighted by Gasteiger charge is -2.20. The minimum absolute atomic E-state index is 0.0886. The summed E-state index contributed by atoms with van der Waals surface area (Å²) < 4.78 is 4.68. The van der Waals surface area contributed by atoms with Crippen molar-refractivity contribution >= 4 is 70.0 Å². The molecule has 0 N–H and O–H groups in total. The summed E-state index contributed by atoms with van der Waals surface area (Å²) in [6.45, 7) is 13.8. The van der Waals surface area contributed by atoms with E-state index < -0.39 is 0 Å². The van der Waals surface area contributed by atoms with Gasteiger partial charge >= 0.3 is 0 Å². The van der Waals surface area contributed by atoms with Crippen molar-refractivity contribution in [1.82, 2.24) is 4.40 Å². The fourth-order valence-corrected chi connectivity index (χ4v) is 5.91. The van der Waals surface area contributed by atoms with Crippen LogP contribution in [0.5, 0.6) is 0 Å². The molecular formula is C26H25Br2N. The first-order valence-corrected chi connectivity index (χ1v) is 11.7. The maximum atomic E-state index is 3.84. The van der Waals surface area contributed by atoms with Gasteiger partial charge in [0, 0.05) is 30.5 Å². The molecule has 0 aliphatic carbocycles. The summed E-state index contributed by atoms with van der Waals surface area (Å²) in [5.41, 5.74) is 6.82. The molecule has 3 aromatic carbocycles. The second-order valence-corrected chi connectivity index (χ2v) is 12.0. The third kappa shape index (κ3) is 2.77. The van der Waals surface area contributed by atoms with Gasteiger partial charge in [-0.2, -0.15) is 0 Å². The molecule has 0 bridgehead atoms. The lowest BCUT2D eigenvalue weighted by atomic mass is 9.84. The van der Waals surface area contributed by atoms with Crippen molar-refractivity contribution in [2.24, 2.45) is 0 Å². The summed E-state index contributed by atoms with van der Waals surface area (Å²) in [6.07, 6.45) is 0. The number of aromatic nitrogens is 1. The van der Waals surface area contributed by atoms with Gasteiger partial charge in [0.05, 0.1) is 16.6 Å². The number of rotatable bonds is 0. The molecular weight excluding hydrogens is 486 g/mol. The van der Waals surface area contributed by atoms with Crippen LogP contribution in [-0.2, 0) is 10.8 Å². The van der Waals surface area contributed by atoms with E-state index in [-0.39, 0.29) is 10.8 Å². The lowest BCUT2D eigenvalue weighted by Crippen LogP contribution is -2.11. The van der Waals surface area contributed by atoms with E-state index in [9.17, 15) is 0 Å². The smallest absolute Gasteiger partial charge is 0.0621 e. The molecule has 5 aromatic rings. The molecule has 5 rings (SSSR count). The maximum absolute atomic E-state index is 3.84. The molecule has 0 fully saturated rings. The van der Waals surface area contributed by atoms with Crippen LogP contribution in [0.3, 0.4) is 0 Å². The topological polar surface area (TPSA) is 4.41 Å². The average molecular weight is 511 g/mol. The highest BCUT2D eigenvalue weighted by atomic mass is 79.9. The Balaban J connectivity index is 2.09. The van der Waals surface area contributed by atoms with E-state index in [4.69, 9.17) is 0 Å². The first kappa shape index (κ1) is 19.4. The van der Waals surface area contributed by atoms with Crippen molar-refractivity contribution < 1.29 is 0 Å². The van der Waals surface area contributed by atoms with Crippen LogP contribution in [0.4, 0.5) is 0 Å². The number of fused-ring (bicyclic) bond motifs is 6. The van der Waals surface area contributed by atoms with Crippen LogP contribution in [0, 0.1) is 0 Å². The predicted molar refractivity (Wildman–Crippen MR) is 134 cm³/mol. The highest BCUT2D eigenvalue weighted by Crippen LogP contribution is 2.45. The number of hydrogen-bond donors (Lipinski definition) is 0. The van der Waals surface area contributed by atoms with E-state index in [0.717, 1.165) is 8.95 Å². The van der Waals surface area contributed by atoms with E-state index in [1.165, 1.54) is 49.2 Å². The molecule has 0 saturated heterocycles. The predicted octanol–water partition coefficient (Wildman–Crippen LogP) is 8.96. The molecule has 0 aliphatic rings. The zero-order valence-electron chi connectivity index (χ0n) is 17.7. The van der Waals surface area contributed by atoms with E-state index in [2.05, 4.69) is 120 Å². The van der Waals surface area contributed by atoms with Gasteiger partial charge in [0.2, 0.25) is 0 Å². The fraction of sp³-hybridized carbons (Fsp3) is 0.308. The second-order valence-electron chi connectivity index (χ2n) is 10.3. The van der Waals surface area contributed by atoms with Gasteiger partial charge in [-0.1, -0.05) is 79.5 Å². The molecule has 2 aromatic heterocycles. The molecule has 3 heteroatoms. The summed E-state index contributed by atoms with van der Waals surface area (Å²) in [5, 5.41) is 5.32. The molecule has 0 saturated carbocycles. The molecule has 29 heavy (non-hydrogen) atoms. The van der Waals surface area contributed by atoms with Gasteiger partial charge in [0.25, 0.3) is 0 Å². The van der Waals surface area contributed by atoms with Crippen molar-refractivity contribution in [3.05, 3.63) is 62.5 Å². The van der Waals surface area contributed by atoms with Crippen LogP contribution in [0.25, 0.3) is 38.1 Å². The van der Waals surface area contributed by atoms with Gasteiger partial charge < -0.3 is 4.40 Å². The van der Waals surface area contributed by atoms with Crippen LogP contribution in [-0.4, -0.2) is 4.40 Å².